The summed E-state index contributed by atoms with van der Waals surface area (Å²) in [7, 11) is 1.39. The van der Waals surface area contributed by atoms with Crippen molar-refractivity contribution in [3.63, 3.8) is 0 Å². The monoisotopic (exact) mass is 318 g/mol. The van der Waals surface area contributed by atoms with Crippen LogP contribution in [0.15, 0.2) is 24.3 Å². The number of hydrogen-bond acceptors (Lipinski definition) is 3. The van der Waals surface area contributed by atoms with E-state index >= 15 is 0 Å². The summed E-state index contributed by atoms with van der Waals surface area (Å²) >= 11 is 0. The number of ether oxygens (including phenoxy) is 1. The molecule has 5 heteroatoms. The van der Waals surface area contributed by atoms with E-state index in [0.717, 1.165) is 18.4 Å². The first-order valence-corrected chi connectivity index (χ1v) is 8.11. The Morgan fingerprint density at radius 2 is 1.83 bits per heavy atom. The van der Waals surface area contributed by atoms with Gasteiger partial charge in [0.05, 0.1) is 13.5 Å². The number of carbonyl (C=O) groups is 2. The van der Waals surface area contributed by atoms with Gasteiger partial charge in [-0.3, -0.25) is 4.79 Å². The number of hydrogen-bond donors (Lipinski definition) is 2. The minimum atomic E-state index is -0.213. The van der Waals surface area contributed by atoms with Crippen LogP contribution in [0.5, 0.6) is 0 Å². The highest BCUT2D eigenvalue weighted by Gasteiger charge is 2.44. The number of benzene rings is 1. The third-order valence-electron chi connectivity index (χ3n) is 4.43. The Morgan fingerprint density at radius 3 is 2.35 bits per heavy atom. The highest BCUT2D eigenvalue weighted by Crippen LogP contribution is 2.48. The summed E-state index contributed by atoms with van der Waals surface area (Å²) < 4.78 is 4.70. The fourth-order valence-electron chi connectivity index (χ4n) is 2.50. The van der Waals surface area contributed by atoms with Crippen molar-refractivity contribution in [2.45, 2.75) is 45.6 Å². The molecule has 23 heavy (non-hydrogen) atoms. The molecule has 1 fully saturated rings. The lowest BCUT2D eigenvalue weighted by Crippen LogP contribution is -2.39. The van der Waals surface area contributed by atoms with Gasteiger partial charge in [-0.1, -0.05) is 38.1 Å². The fourth-order valence-corrected chi connectivity index (χ4v) is 2.50. The van der Waals surface area contributed by atoms with E-state index in [1.807, 2.05) is 12.1 Å². The van der Waals surface area contributed by atoms with Gasteiger partial charge in [-0.25, -0.2) is 4.79 Å². The first kappa shape index (κ1) is 17.3. The lowest BCUT2D eigenvalue weighted by Gasteiger charge is -2.15. The minimum Gasteiger partial charge on any atom is -0.469 e. The maximum absolute atomic E-state index is 11.9. The standard InChI is InChI=1S/C18H26N2O3/c1-13(2)15-6-4-14(5-7-15)11-19-17(22)20-12-18(8-9-18)10-16(21)23-3/h4-7,13H,8-12H2,1-3H3,(H2,19,20,22). The second-order valence-corrected chi connectivity index (χ2v) is 6.69. The molecular formula is C18H26N2O3. The van der Waals surface area contributed by atoms with E-state index in [9.17, 15) is 9.59 Å². The molecule has 0 bridgehead atoms. The van der Waals surface area contributed by atoms with Gasteiger partial charge < -0.3 is 15.4 Å². The van der Waals surface area contributed by atoms with Crippen molar-refractivity contribution in [1.82, 2.24) is 10.6 Å². The van der Waals surface area contributed by atoms with Crippen LogP contribution in [-0.2, 0) is 16.1 Å². The number of nitrogens with one attached hydrogen (secondary N) is 2. The Labute approximate surface area is 137 Å². The van der Waals surface area contributed by atoms with Crippen molar-refractivity contribution in [2.24, 2.45) is 5.41 Å². The zero-order chi connectivity index (χ0) is 16.9. The molecule has 1 aromatic rings. The van der Waals surface area contributed by atoms with E-state index in [-0.39, 0.29) is 17.4 Å². The molecule has 2 amide bonds. The van der Waals surface area contributed by atoms with E-state index in [1.165, 1.54) is 12.7 Å². The predicted molar refractivity (Wildman–Crippen MR) is 89.1 cm³/mol. The molecule has 0 spiro atoms. The molecule has 1 saturated carbocycles. The van der Waals surface area contributed by atoms with Crippen LogP contribution in [0.1, 0.15) is 50.2 Å². The van der Waals surface area contributed by atoms with Gasteiger partial charge in [0, 0.05) is 13.1 Å². The third kappa shape index (κ3) is 5.27. The summed E-state index contributed by atoms with van der Waals surface area (Å²) in [4.78, 5) is 23.2. The molecule has 0 atom stereocenters. The smallest absolute Gasteiger partial charge is 0.315 e. The summed E-state index contributed by atoms with van der Waals surface area (Å²) in [5.74, 6) is 0.291. The maximum atomic E-state index is 11.9. The zero-order valence-corrected chi connectivity index (χ0v) is 14.1. The van der Waals surface area contributed by atoms with Gasteiger partial charge >= 0.3 is 12.0 Å². The van der Waals surface area contributed by atoms with E-state index in [4.69, 9.17) is 4.74 Å². The van der Waals surface area contributed by atoms with Crippen LogP contribution in [0.2, 0.25) is 0 Å². The average molecular weight is 318 g/mol. The van der Waals surface area contributed by atoms with E-state index < -0.39 is 0 Å². The Kier molecular flexibility index (Phi) is 5.64. The molecule has 126 valence electrons. The van der Waals surface area contributed by atoms with Crippen molar-refractivity contribution in [1.29, 1.82) is 0 Å². The molecule has 5 nitrogen and oxygen atoms in total. The number of urea groups is 1. The highest BCUT2D eigenvalue weighted by atomic mass is 16.5. The number of rotatable bonds is 7. The zero-order valence-electron chi connectivity index (χ0n) is 14.1. The van der Waals surface area contributed by atoms with E-state index in [1.54, 1.807) is 0 Å². The largest absolute Gasteiger partial charge is 0.469 e. The molecule has 0 saturated heterocycles. The second-order valence-electron chi connectivity index (χ2n) is 6.69. The molecular weight excluding hydrogens is 292 g/mol. The summed E-state index contributed by atoms with van der Waals surface area (Å²) in [6, 6.07) is 8.06. The summed E-state index contributed by atoms with van der Waals surface area (Å²) in [6.07, 6.45) is 2.29. The summed E-state index contributed by atoms with van der Waals surface area (Å²) in [6.45, 7) is 5.32. The van der Waals surface area contributed by atoms with Gasteiger partial charge in [0.1, 0.15) is 0 Å². The van der Waals surface area contributed by atoms with Crippen molar-refractivity contribution < 1.29 is 14.3 Å². The van der Waals surface area contributed by atoms with E-state index in [0.29, 0.717) is 25.4 Å². The first-order chi connectivity index (χ1) is 10.9. The molecule has 1 aliphatic rings. The molecule has 2 rings (SSSR count). The van der Waals surface area contributed by atoms with Crippen LogP contribution in [0.25, 0.3) is 0 Å². The van der Waals surface area contributed by atoms with Crippen molar-refractivity contribution >= 4 is 12.0 Å². The molecule has 2 N–H and O–H groups in total. The van der Waals surface area contributed by atoms with Crippen LogP contribution in [0.4, 0.5) is 4.79 Å². The molecule has 1 aliphatic carbocycles. The Morgan fingerprint density at radius 1 is 1.17 bits per heavy atom. The quantitative estimate of drug-likeness (QED) is 0.760. The second kappa shape index (κ2) is 7.49. The summed E-state index contributed by atoms with van der Waals surface area (Å²) in [5, 5.41) is 5.71. The van der Waals surface area contributed by atoms with Crippen LogP contribution in [0.3, 0.4) is 0 Å². The highest BCUT2D eigenvalue weighted by molar-refractivity contribution is 5.74. The van der Waals surface area contributed by atoms with Gasteiger partial charge in [0.25, 0.3) is 0 Å². The normalized spacial score (nSPS) is 15.1. The van der Waals surface area contributed by atoms with Gasteiger partial charge in [-0.15, -0.1) is 0 Å². The Bertz CT molecular complexity index is 548. The average Bonchev–Trinajstić information content (AvgIpc) is 3.31. The predicted octanol–water partition coefficient (Wildman–Crippen LogP) is 2.95. The number of carbonyl (C=O) groups excluding carboxylic acids is 2. The molecule has 0 unspecified atom stereocenters. The lowest BCUT2D eigenvalue weighted by molar-refractivity contribution is -0.142. The first-order valence-electron chi connectivity index (χ1n) is 8.11. The maximum Gasteiger partial charge on any atom is 0.315 e. The fraction of sp³-hybridized carbons (Fsp3) is 0.556. The molecule has 0 aromatic heterocycles. The Hall–Kier alpha value is -2.04. The SMILES string of the molecule is COC(=O)CC1(CNC(=O)NCc2ccc(C(C)C)cc2)CC1. The van der Waals surface area contributed by atoms with Gasteiger partial charge in [-0.2, -0.15) is 0 Å². The summed E-state index contributed by atoms with van der Waals surface area (Å²) in [5.41, 5.74) is 2.26. The Balaban J connectivity index is 1.72. The molecule has 1 aromatic carbocycles. The topological polar surface area (TPSA) is 67.4 Å². The number of methoxy groups -OCH3 is 1. The van der Waals surface area contributed by atoms with Crippen LogP contribution < -0.4 is 10.6 Å². The van der Waals surface area contributed by atoms with Crippen LogP contribution in [-0.4, -0.2) is 25.7 Å². The third-order valence-corrected chi connectivity index (χ3v) is 4.43. The van der Waals surface area contributed by atoms with Gasteiger partial charge in [-0.05, 0) is 35.3 Å². The molecule has 0 radical (unpaired) electrons. The van der Waals surface area contributed by atoms with Crippen LogP contribution >= 0.6 is 0 Å². The molecule has 0 heterocycles. The number of esters is 1. The van der Waals surface area contributed by atoms with Crippen molar-refractivity contribution in [3.05, 3.63) is 35.4 Å². The van der Waals surface area contributed by atoms with Crippen molar-refractivity contribution in [2.75, 3.05) is 13.7 Å². The van der Waals surface area contributed by atoms with Crippen LogP contribution in [0, 0.1) is 5.41 Å². The van der Waals surface area contributed by atoms with E-state index in [2.05, 4.69) is 36.6 Å². The van der Waals surface area contributed by atoms with Crippen molar-refractivity contribution in [3.8, 4) is 0 Å². The minimum absolute atomic E-state index is 0.0939. The number of amides is 2. The van der Waals surface area contributed by atoms with Gasteiger partial charge in [0.2, 0.25) is 0 Å². The molecule has 0 aliphatic heterocycles. The van der Waals surface area contributed by atoms with Gasteiger partial charge in [0.15, 0.2) is 0 Å². The lowest BCUT2D eigenvalue weighted by atomic mass is 10.0.